The summed E-state index contributed by atoms with van der Waals surface area (Å²) in [6.07, 6.45) is -0.696. The third kappa shape index (κ3) is 7.30. The molecule has 1 aliphatic heterocycles. The first kappa shape index (κ1) is 36.0. The Morgan fingerprint density at radius 3 is 2.53 bits per heavy atom. The van der Waals surface area contributed by atoms with Crippen molar-refractivity contribution in [3.05, 3.63) is 99.3 Å². The molecule has 3 N–H and O–H groups in total. The highest BCUT2D eigenvalue weighted by Crippen LogP contribution is 2.35. The standard InChI is InChI=1S/C40H38N6O5S2/c1-21(2)36(34-16-27(45-51-34)14-15-35-22(3)30-18-31(43-44-39(30)53-35)29-8-6-7-9-33(29)48)40(50)46-19-28(47)17-32(46)38(49)42-23(4)25-10-12-26(13-11-25)37-24(5)41-20-52-37/h6-13,16,18,20-21,23,28,32,36,47-48H,17,19H2,1-5H3,(H,42,49)/t23?,28-,32+,36?/m1/s1. The molecule has 53 heavy (non-hydrogen) atoms. The van der Waals surface area contributed by atoms with Gasteiger partial charge in [0, 0.05) is 30.0 Å². The van der Waals surface area contributed by atoms with Crippen LogP contribution in [-0.2, 0) is 9.59 Å². The molecule has 4 atom stereocenters. The van der Waals surface area contributed by atoms with E-state index in [-0.39, 0.29) is 42.5 Å². The number of aromatic hydroxyl groups is 1. The number of phenolic OH excluding ortho intramolecular Hbond substituents is 1. The Balaban J connectivity index is 1.06. The molecule has 7 rings (SSSR count). The van der Waals surface area contributed by atoms with Crippen molar-refractivity contribution in [1.29, 1.82) is 0 Å². The predicted molar refractivity (Wildman–Crippen MR) is 204 cm³/mol. The number of aryl methyl sites for hydroxylation is 2. The first-order chi connectivity index (χ1) is 25.5. The molecule has 1 fully saturated rings. The lowest BCUT2D eigenvalue weighted by Crippen LogP contribution is -2.48. The van der Waals surface area contributed by atoms with Crippen molar-refractivity contribution in [2.24, 2.45) is 5.92 Å². The normalized spacial score (nSPS) is 16.8. The van der Waals surface area contributed by atoms with Gasteiger partial charge in [0.15, 0.2) is 11.5 Å². The van der Waals surface area contributed by atoms with Crippen molar-refractivity contribution in [1.82, 2.24) is 30.6 Å². The van der Waals surface area contributed by atoms with Crippen LogP contribution in [0.1, 0.15) is 72.3 Å². The summed E-state index contributed by atoms with van der Waals surface area (Å²) in [6, 6.07) is 17.4. The van der Waals surface area contributed by atoms with Gasteiger partial charge in [0.25, 0.3) is 0 Å². The van der Waals surface area contributed by atoms with E-state index in [2.05, 4.69) is 37.5 Å². The number of hydrogen-bond donors (Lipinski definition) is 3. The third-order valence-corrected chi connectivity index (χ3v) is 11.7. The van der Waals surface area contributed by atoms with Crippen molar-refractivity contribution in [3.8, 4) is 39.3 Å². The Labute approximate surface area is 314 Å². The van der Waals surface area contributed by atoms with Crippen LogP contribution in [0.3, 0.4) is 0 Å². The van der Waals surface area contributed by atoms with Gasteiger partial charge in [-0.3, -0.25) is 9.59 Å². The van der Waals surface area contributed by atoms with E-state index in [1.165, 1.54) is 16.2 Å². The molecule has 5 heterocycles. The molecular formula is C40H38N6O5S2. The molecule has 6 aromatic rings. The molecule has 1 saturated heterocycles. The number of likely N-dealkylation sites (tertiary alicyclic amines) is 1. The number of nitrogens with zero attached hydrogens (tertiary/aromatic N) is 5. The largest absolute Gasteiger partial charge is 0.507 e. The summed E-state index contributed by atoms with van der Waals surface area (Å²) >= 11 is 2.99. The molecular weight excluding hydrogens is 709 g/mol. The summed E-state index contributed by atoms with van der Waals surface area (Å²) in [6.45, 7) is 9.69. The van der Waals surface area contributed by atoms with Crippen LogP contribution in [0.2, 0.25) is 0 Å². The maximum atomic E-state index is 14.1. The Morgan fingerprint density at radius 2 is 1.81 bits per heavy atom. The minimum atomic E-state index is -0.840. The summed E-state index contributed by atoms with van der Waals surface area (Å²) in [5.41, 5.74) is 7.23. The first-order valence-corrected chi connectivity index (χ1v) is 19.0. The fourth-order valence-corrected chi connectivity index (χ4v) is 8.47. The van der Waals surface area contributed by atoms with Crippen LogP contribution in [0.4, 0.5) is 0 Å². The molecule has 13 heteroatoms. The number of rotatable bonds is 8. The number of thiophene rings is 1. The number of carbonyl (C=O) groups excluding carboxylic acids is 2. The number of thiazole rings is 1. The van der Waals surface area contributed by atoms with E-state index in [1.54, 1.807) is 35.6 Å². The van der Waals surface area contributed by atoms with Crippen molar-refractivity contribution < 1.29 is 24.3 Å². The Hall–Kier alpha value is -5.42. The minimum Gasteiger partial charge on any atom is -0.507 e. The van der Waals surface area contributed by atoms with E-state index < -0.39 is 18.1 Å². The van der Waals surface area contributed by atoms with Crippen LogP contribution in [0.15, 0.2) is 70.7 Å². The predicted octanol–water partition coefficient (Wildman–Crippen LogP) is 6.77. The molecule has 11 nitrogen and oxygen atoms in total. The maximum absolute atomic E-state index is 14.1. The lowest BCUT2D eigenvalue weighted by atomic mass is 9.91. The van der Waals surface area contributed by atoms with Crippen molar-refractivity contribution in [3.63, 3.8) is 0 Å². The second-order valence-electron chi connectivity index (χ2n) is 13.6. The van der Waals surface area contributed by atoms with Crippen LogP contribution in [-0.4, -0.2) is 66.0 Å². The summed E-state index contributed by atoms with van der Waals surface area (Å²) in [7, 11) is 0. The number of nitrogens with one attached hydrogen (secondary N) is 1. The Morgan fingerprint density at radius 1 is 1.04 bits per heavy atom. The Kier molecular flexibility index (Phi) is 10.1. The molecule has 270 valence electrons. The zero-order valence-corrected chi connectivity index (χ0v) is 31.5. The average molecular weight is 747 g/mol. The third-order valence-electron chi connectivity index (χ3n) is 9.60. The van der Waals surface area contributed by atoms with E-state index in [1.807, 2.05) is 76.5 Å². The number of benzene rings is 2. The van der Waals surface area contributed by atoms with Gasteiger partial charge < -0.3 is 25.0 Å². The molecule has 1 aliphatic rings. The quantitative estimate of drug-likeness (QED) is 0.143. The number of fused-ring (bicyclic) bond motifs is 1. The second-order valence-corrected chi connectivity index (χ2v) is 15.5. The van der Waals surface area contributed by atoms with Crippen molar-refractivity contribution in [2.45, 2.75) is 65.1 Å². The van der Waals surface area contributed by atoms with Crippen LogP contribution in [0, 0.1) is 31.6 Å². The monoisotopic (exact) mass is 746 g/mol. The molecule has 0 radical (unpaired) electrons. The fourth-order valence-electron chi connectivity index (χ4n) is 6.69. The number of aliphatic hydroxyl groups is 1. The van der Waals surface area contributed by atoms with Gasteiger partial charge in [-0.25, -0.2) is 4.98 Å². The van der Waals surface area contributed by atoms with Crippen LogP contribution >= 0.6 is 22.7 Å². The zero-order valence-electron chi connectivity index (χ0n) is 29.8. The van der Waals surface area contributed by atoms with E-state index >= 15 is 0 Å². The number of aliphatic hydroxyl groups excluding tert-OH is 1. The lowest BCUT2D eigenvalue weighted by molar-refractivity contribution is -0.141. The van der Waals surface area contributed by atoms with E-state index in [4.69, 9.17) is 4.52 Å². The van der Waals surface area contributed by atoms with E-state index in [0.717, 1.165) is 42.4 Å². The summed E-state index contributed by atoms with van der Waals surface area (Å²) < 4.78 is 5.70. The van der Waals surface area contributed by atoms with Gasteiger partial charge >= 0.3 is 0 Å². The number of hydrogen-bond acceptors (Lipinski definition) is 11. The number of amides is 2. The van der Waals surface area contributed by atoms with Crippen LogP contribution < -0.4 is 5.32 Å². The molecule has 0 aliphatic carbocycles. The van der Waals surface area contributed by atoms with Gasteiger partial charge in [-0.1, -0.05) is 55.4 Å². The lowest BCUT2D eigenvalue weighted by Gasteiger charge is -2.29. The van der Waals surface area contributed by atoms with E-state index in [9.17, 15) is 19.8 Å². The second kappa shape index (κ2) is 14.9. The maximum Gasteiger partial charge on any atom is 0.243 e. The van der Waals surface area contributed by atoms with Gasteiger partial charge in [0.05, 0.1) is 38.8 Å². The highest BCUT2D eigenvalue weighted by molar-refractivity contribution is 7.19. The molecule has 2 aromatic carbocycles. The molecule has 2 unspecified atom stereocenters. The SMILES string of the molecule is Cc1ncsc1-c1ccc(C(C)NC(=O)[C@@H]2C[C@@H](O)CN2C(=O)C(c2cc(C#Cc3sc4nnc(-c5ccccc5O)cc4c3C)no2)C(C)C)cc1. The zero-order chi connectivity index (χ0) is 37.4. The molecule has 2 amide bonds. The summed E-state index contributed by atoms with van der Waals surface area (Å²) in [5.74, 6) is 5.12. The van der Waals surface area contributed by atoms with Gasteiger partial charge in [-0.15, -0.1) is 32.9 Å². The minimum absolute atomic E-state index is 0.0396. The molecule has 0 spiro atoms. The highest BCUT2D eigenvalue weighted by Gasteiger charge is 2.43. The average Bonchev–Trinajstić information content (AvgIpc) is 3.94. The molecule has 0 saturated carbocycles. The van der Waals surface area contributed by atoms with Crippen molar-refractivity contribution >= 4 is 44.7 Å². The smallest absolute Gasteiger partial charge is 0.243 e. The number of para-hydroxylation sites is 1. The van der Waals surface area contributed by atoms with Gasteiger partial charge in [0.1, 0.15) is 22.5 Å². The number of aromatic nitrogens is 4. The first-order valence-electron chi connectivity index (χ1n) is 17.3. The molecule has 4 aromatic heterocycles. The topological polar surface area (TPSA) is 155 Å². The Bertz CT molecular complexity index is 2370. The van der Waals surface area contributed by atoms with Crippen LogP contribution in [0.5, 0.6) is 5.75 Å². The fraction of sp³-hybridized carbons (Fsp3) is 0.300. The van der Waals surface area contributed by atoms with Gasteiger partial charge in [0.2, 0.25) is 11.8 Å². The van der Waals surface area contributed by atoms with Gasteiger partial charge in [-0.2, -0.15) is 0 Å². The highest BCUT2D eigenvalue weighted by atomic mass is 32.1. The van der Waals surface area contributed by atoms with E-state index in [0.29, 0.717) is 22.7 Å². The number of carbonyl (C=O) groups is 2. The summed E-state index contributed by atoms with van der Waals surface area (Å²) in [4.78, 5) is 36.2. The summed E-state index contributed by atoms with van der Waals surface area (Å²) in [5, 5.41) is 37.7. The van der Waals surface area contributed by atoms with Gasteiger partial charge in [-0.05, 0) is 73.4 Å². The molecule has 0 bridgehead atoms. The number of β-amino-alcohol motifs (C(OH)–C–C–N with tert-alkyl or cyclic N) is 1. The number of phenols is 1. The van der Waals surface area contributed by atoms with Crippen molar-refractivity contribution in [2.75, 3.05) is 6.54 Å². The van der Waals surface area contributed by atoms with Crippen LogP contribution in [0.25, 0.3) is 31.9 Å².